The molecule has 0 heterocycles. The molecule has 0 aromatic heterocycles. The van der Waals surface area contributed by atoms with Crippen LogP contribution in [0.25, 0.3) is 0 Å². The quantitative estimate of drug-likeness (QED) is 0.613. The van der Waals surface area contributed by atoms with E-state index in [4.69, 9.17) is 10.5 Å². The molecule has 0 saturated carbocycles. The van der Waals surface area contributed by atoms with Crippen molar-refractivity contribution in [3.8, 4) is 0 Å². The van der Waals surface area contributed by atoms with Crippen molar-refractivity contribution in [1.29, 1.82) is 0 Å². The van der Waals surface area contributed by atoms with Crippen LogP contribution in [-0.4, -0.2) is 23.9 Å². The molecule has 126 valence electrons. The van der Waals surface area contributed by atoms with Crippen LogP contribution < -0.4 is 5.73 Å². The van der Waals surface area contributed by atoms with Crippen LogP contribution in [0.1, 0.15) is 11.1 Å². The summed E-state index contributed by atoms with van der Waals surface area (Å²) in [5.41, 5.74) is 7.69. The largest absolute Gasteiger partial charge is 0.516 e. The van der Waals surface area contributed by atoms with Crippen molar-refractivity contribution < 1.29 is 19.1 Å². The van der Waals surface area contributed by atoms with E-state index in [9.17, 15) is 9.59 Å². The maximum Gasteiger partial charge on any atom is 0.516 e. The molecule has 5 nitrogen and oxygen atoms in total. The Morgan fingerprint density at radius 2 is 1.54 bits per heavy atom. The Kier molecular flexibility index (Phi) is 7.32. The molecule has 2 rings (SSSR count). The monoisotopic (exact) mass is 345 g/mol. The minimum absolute atomic E-state index is 0.0466. The van der Waals surface area contributed by atoms with Crippen molar-refractivity contribution in [2.45, 2.75) is 18.4 Å². The number of esters is 1. The number of nitrogens with two attached hydrogens (primary N) is 1. The van der Waals surface area contributed by atoms with Crippen molar-refractivity contribution in [2.75, 3.05) is 5.75 Å². The Balaban J connectivity index is 1.66. The summed E-state index contributed by atoms with van der Waals surface area (Å²) in [6, 6.07) is 18.1. The van der Waals surface area contributed by atoms with Gasteiger partial charge in [-0.1, -0.05) is 60.7 Å². The Bertz CT molecular complexity index is 649. The smallest absolute Gasteiger partial charge is 0.429 e. The van der Waals surface area contributed by atoms with Gasteiger partial charge in [-0.2, -0.15) is 11.8 Å². The van der Waals surface area contributed by atoms with E-state index in [2.05, 4.69) is 4.74 Å². The fourth-order valence-corrected chi connectivity index (χ4v) is 2.79. The molecule has 0 amide bonds. The van der Waals surface area contributed by atoms with E-state index < -0.39 is 18.2 Å². The van der Waals surface area contributed by atoms with E-state index in [1.807, 2.05) is 48.5 Å². The van der Waals surface area contributed by atoms with Gasteiger partial charge in [-0.3, -0.25) is 0 Å². The van der Waals surface area contributed by atoms with Crippen LogP contribution >= 0.6 is 11.8 Å². The first kappa shape index (κ1) is 18.0. The summed E-state index contributed by atoms with van der Waals surface area (Å²) in [7, 11) is 0. The predicted molar refractivity (Wildman–Crippen MR) is 93.3 cm³/mol. The lowest BCUT2D eigenvalue weighted by atomic mass is 10.2. The second kappa shape index (κ2) is 9.75. The van der Waals surface area contributed by atoms with Gasteiger partial charge in [-0.15, -0.1) is 0 Å². The van der Waals surface area contributed by atoms with Gasteiger partial charge in [0.1, 0.15) is 12.6 Å². The zero-order chi connectivity index (χ0) is 17.2. The minimum atomic E-state index is -1.03. The summed E-state index contributed by atoms with van der Waals surface area (Å²) in [4.78, 5) is 23.2. The molecule has 2 aromatic carbocycles. The molecule has 2 aromatic rings. The van der Waals surface area contributed by atoms with E-state index in [0.717, 1.165) is 16.9 Å². The lowest BCUT2D eigenvalue weighted by Gasteiger charge is -2.10. The second-order valence-corrected chi connectivity index (χ2v) is 6.08. The van der Waals surface area contributed by atoms with Gasteiger partial charge in [0.15, 0.2) is 0 Å². The summed E-state index contributed by atoms with van der Waals surface area (Å²) >= 11 is 1.50. The van der Waals surface area contributed by atoms with Crippen molar-refractivity contribution in [2.24, 2.45) is 5.73 Å². The second-order valence-electron chi connectivity index (χ2n) is 5.05. The first-order valence-corrected chi connectivity index (χ1v) is 8.60. The van der Waals surface area contributed by atoms with Crippen molar-refractivity contribution >= 4 is 23.9 Å². The highest BCUT2D eigenvalue weighted by molar-refractivity contribution is 7.98. The van der Waals surface area contributed by atoms with Crippen LogP contribution in [0, 0.1) is 0 Å². The van der Waals surface area contributed by atoms with Crippen LogP contribution in [0.15, 0.2) is 60.7 Å². The molecular weight excluding hydrogens is 326 g/mol. The number of carbonyl (C=O) groups is 2. The summed E-state index contributed by atoms with van der Waals surface area (Å²) in [5, 5.41) is 0. The normalized spacial score (nSPS) is 11.5. The van der Waals surface area contributed by atoms with Gasteiger partial charge in [0.2, 0.25) is 0 Å². The molecule has 0 saturated heterocycles. The first-order chi connectivity index (χ1) is 11.6. The predicted octanol–water partition coefficient (Wildman–Crippen LogP) is 3.13. The van der Waals surface area contributed by atoms with Gasteiger partial charge in [-0.05, 0) is 11.1 Å². The van der Waals surface area contributed by atoms with Crippen LogP contribution in [0.3, 0.4) is 0 Å². The minimum Gasteiger partial charge on any atom is -0.429 e. The molecule has 0 aliphatic carbocycles. The first-order valence-electron chi connectivity index (χ1n) is 7.45. The van der Waals surface area contributed by atoms with Gasteiger partial charge in [0.25, 0.3) is 0 Å². The third-order valence-corrected chi connectivity index (χ3v) is 4.23. The summed E-state index contributed by atoms with van der Waals surface area (Å²) in [6.07, 6.45) is -1.03. The number of hydrogen-bond acceptors (Lipinski definition) is 6. The zero-order valence-electron chi connectivity index (χ0n) is 13.1. The highest BCUT2D eigenvalue weighted by Gasteiger charge is 2.19. The molecule has 2 N–H and O–H groups in total. The van der Waals surface area contributed by atoms with Crippen LogP contribution in [0.5, 0.6) is 0 Å². The summed E-state index contributed by atoms with van der Waals surface area (Å²) in [5.74, 6) is 0.314. The van der Waals surface area contributed by atoms with Gasteiger partial charge in [0.05, 0.1) is 0 Å². The number of hydrogen-bond donors (Lipinski definition) is 1. The van der Waals surface area contributed by atoms with Gasteiger partial charge < -0.3 is 15.2 Å². The molecule has 6 heteroatoms. The SMILES string of the molecule is NC(CSCc1ccccc1)C(=O)OC(=O)OCc1ccccc1. The number of ether oxygens (including phenoxy) is 2. The molecule has 0 aliphatic rings. The van der Waals surface area contributed by atoms with Crippen LogP contribution in [0.4, 0.5) is 4.79 Å². The fraction of sp³-hybridized carbons (Fsp3) is 0.222. The molecule has 1 unspecified atom stereocenters. The molecule has 24 heavy (non-hydrogen) atoms. The van der Waals surface area contributed by atoms with Gasteiger partial charge in [0, 0.05) is 11.5 Å². The van der Waals surface area contributed by atoms with Crippen LogP contribution in [0.2, 0.25) is 0 Å². The average Bonchev–Trinajstić information content (AvgIpc) is 2.61. The third-order valence-electron chi connectivity index (χ3n) is 3.10. The Morgan fingerprint density at radius 1 is 0.958 bits per heavy atom. The van der Waals surface area contributed by atoms with E-state index in [0.29, 0.717) is 5.75 Å². The standard InChI is InChI=1S/C18H19NO4S/c19-16(13-24-12-15-9-5-2-6-10-15)17(20)23-18(21)22-11-14-7-3-1-4-8-14/h1-10,16H,11-13,19H2. The van der Waals surface area contributed by atoms with E-state index in [-0.39, 0.29) is 6.61 Å². The maximum absolute atomic E-state index is 11.7. The van der Waals surface area contributed by atoms with E-state index >= 15 is 0 Å². The molecular formula is C18H19NO4S. The number of thioether (sulfide) groups is 1. The topological polar surface area (TPSA) is 78.6 Å². The highest BCUT2D eigenvalue weighted by atomic mass is 32.2. The van der Waals surface area contributed by atoms with Crippen molar-refractivity contribution in [3.63, 3.8) is 0 Å². The van der Waals surface area contributed by atoms with Crippen molar-refractivity contribution in [3.05, 3.63) is 71.8 Å². The fourth-order valence-electron chi connectivity index (χ4n) is 1.85. The summed E-state index contributed by atoms with van der Waals surface area (Å²) < 4.78 is 9.48. The average molecular weight is 345 g/mol. The number of carbonyl (C=O) groups excluding carboxylic acids is 2. The van der Waals surface area contributed by atoms with Crippen LogP contribution in [-0.2, 0) is 26.6 Å². The molecule has 1 atom stereocenters. The number of rotatable bonds is 7. The molecule has 0 spiro atoms. The summed E-state index contributed by atoms with van der Waals surface area (Å²) in [6.45, 7) is 0.0466. The number of benzene rings is 2. The lowest BCUT2D eigenvalue weighted by molar-refractivity contribution is -0.140. The maximum atomic E-state index is 11.7. The molecule has 0 fully saturated rings. The van der Waals surface area contributed by atoms with Gasteiger partial charge >= 0.3 is 12.1 Å². The Hall–Kier alpha value is -2.31. The third kappa shape index (κ3) is 6.44. The zero-order valence-corrected chi connectivity index (χ0v) is 13.9. The molecule has 0 radical (unpaired) electrons. The van der Waals surface area contributed by atoms with Crippen molar-refractivity contribution in [1.82, 2.24) is 0 Å². The molecule has 0 aliphatic heterocycles. The Morgan fingerprint density at radius 3 is 2.17 bits per heavy atom. The lowest BCUT2D eigenvalue weighted by Crippen LogP contribution is -2.36. The van der Waals surface area contributed by atoms with E-state index in [1.165, 1.54) is 11.8 Å². The van der Waals surface area contributed by atoms with E-state index in [1.54, 1.807) is 12.1 Å². The molecule has 0 bridgehead atoms. The Labute approximate surface area is 145 Å². The van der Waals surface area contributed by atoms with Gasteiger partial charge in [-0.25, -0.2) is 9.59 Å². The highest BCUT2D eigenvalue weighted by Crippen LogP contribution is 2.12.